The molecule has 106 valence electrons. The summed E-state index contributed by atoms with van der Waals surface area (Å²) in [6.07, 6.45) is 0. The van der Waals surface area contributed by atoms with Gasteiger partial charge in [-0.3, -0.25) is 4.79 Å². The van der Waals surface area contributed by atoms with Gasteiger partial charge in [0.15, 0.2) is 5.43 Å². The molecule has 0 N–H and O–H groups in total. The van der Waals surface area contributed by atoms with E-state index in [1.807, 2.05) is 60.7 Å². The highest BCUT2D eigenvalue weighted by Crippen LogP contribution is 2.28. The van der Waals surface area contributed by atoms with Gasteiger partial charge in [-0.25, -0.2) is 0 Å². The number of benzene rings is 3. The first kappa shape index (κ1) is 13.3. The Labute approximate surface area is 135 Å². The lowest BCUT2D eigenvalue weighted by Gasteiger charge is -2.06. The SMILES string of the molecule is O=c1cc(-c2ccc(Br)cc2)oc2c1ccc1ccccc12. The van der Waals surface area contributed by atoms with Crippen LogP contribution in [0, 0.1) is 0 Å². The first-order valence-electron chi connectivity index (χ1n) is 6.94. The molecule has 0 aliphatic heterocycles. The van der Waals surface area contributed by atoms with Gasteiger partial charge in [0.1, 0.15) is 11.3 Å². The van der Waals surface area contributed by atoms with E-state index in [1.54, 1.807) is 6.07 Å². The Morgan fingerprint density at radius 3 is 2.41 bits per heavy atom. The first-order valence-corrected chi connectivity index (χ1v) is 7.73. The average Bonchev–Trinajstić information content (AvgIpc) is 2.55. The minimum atomic E-state index is -0.0232. The van der Waals surface area contributed by atoms with E-state index in [4.69, 9.17) is 4.42 Å². The highest BCUT2D eigenvalue weighted by Gasteiger charge is 2.09. The third kappa shape index (κ3) is 2.14. The molecule has 0 radical (unpaired) electrons. The van der Waals surface area contributed by atoms with Gasteiger partial charge in [0.25, 0.3) is 0 Å². The summed E-state index contributed by atoms with van der Waals surface area (Å²) in [5, 5.41) is 2.63. The van der Waals surface area contributed by atoms with Crippen LogP contribution in [0.3, 0.4) is 0 Å². The van der Waals surface area contributed by atoms with E-state index < -0.39 is 0 Å². The van der Waals surface area contributed by atoms with Crippen LogP contribution < -0.4 is 5.43 Å². The predicted octanol–water partition coefficient (Wildman–Crippen LogP) is 5.38. The molecule has 0 atom stereocenters. The third-order valence-electron chi connectivity index (χ3n) is 3.75. The van der Waals surface area contributed by atoms with Crippen molar-refractivity contribution < 1.29 is 4.42 Å². The maximum Gasteiger partial charge on any atom is 0.193 e. The summed E-state index contributed by atoms with van der Waals surface area (Å²) in [5.41, 5.74) is 1.50. The smallest absolute Gasteiger partial charge is 0.193 e. The molecule has 3 heteroatoms. The van der Waals surface area contributed by atoms with Gasteiger partial charge in [0.2, 0.25) is 0 Å². The van der Waals surface area contributed by atoms with Gasteiger partial charge in [-0.15, -0.1) is 0 Å². The lowest BCUT2D eigenvalue weighted by atomic mass is 10.1. The van der Waals surface area contributed by atoms with E-state index in [9.17, 15) is 4.79 Å². The van der Waals surface area contributed by atoms with Crippen LogP contribution in [0.25, 0.3) is 33.1 Å². The Bertz CT molecular complexity index is 1050. The summed E-state index contributed by atoms with van der Waals surface area (Å²) < 4.78 is 7.06. The van der Waals surface area contributed by atoms with E-state index in [2.05, 4.69) is 15.9 Å². The Kier molecular flexibility index (Phi) is 3.09. The third-order valence-corrected chi connectivity index (χ3v) is 4.28. The van der Waals surface area contributed by atoms with Gasteiger partial charge >= 0.3 is 0 Å². The summed E-state index contributed by atoms with van der Waals surface area (Å²) in [6.45, 7) is 0. The van der Waals surface area contributed by atoms with Crippen molar-refractivity contribution in [2.24, 2.45) is 0 Å². The van der Waals surface area contributed by atoms with Crippen LogP contribution in [-0.4, -0.2) is 0 Å². The van der Waals surface area contributed by atoms with Crippen LogP contribution in [0.15, 0.2) is 80.4 Å². The van der Waals surface area contributed by atoms with Crippen molar-refractivity contribution in [1.82, 2.24) is 0 Å². The maximum atomic E-state index is 12.4. The van der Waals surface area contributed by atoms with Crippen molar-refractivity contribution in [3.63, 3.8) is 0 Å². The highest BCUT2D eigenvalue weighted by atomic mass is 79.9. The Balaban J connectivity index is 2.08. The van der Waals surface area contributed by atoms with E-state index >= 15 is 0 Å². The van der Waals surface area contributed by atoms with E-state index in [1.165, 1.54) is 0 Å². The molecule has 0 saturated heterocycles. The molecule has 22 heavy (non-hydrogen) atoms. The summed E-state index contributed by atoms with van der Waals surface area (Å²) in [7, 11) is 0. The van der Waals surface area contributed by atoms with Gasteiger partial charge in [0.05, 0.1) is 5.39 Å². The molecule has 0 bridgehead atoms. The molecule has 0 unspecified atom stereocenters. The van der Waals surface area contributed by atoms with Crippen LogP contribution >= 0.6 is 15.9 Å². The number of rotatable bonds is 1. The summed E-state index contributed by atoms with van der Waals surface area (Å²) in [4.78, 5) is 12.4. The molecule has 0 fully saturated rings. The van der Waals surface area contributed by atoms with Crippen molar-refractivity contribution >= 4 is 37.7 Å². The molecule has 0 amide bonds. The monoisotopic (exact) mass is 350 g/mol. The minimum absolute atomic E-state index is 0.0232. The van der Waals surface area contributed by atoms with E-state index in [0.29, 0.717) is 16.7 Å². The lowest BCUT2D eigenvalue weighted by molar-refractivity contribution is 0.622. The zero-order valence-electron chi connectivity index (χ0n) is 11.5. The average molecular weight is 351 g/mol. The highest BCUT2D eigenvalue weighted by molar-refractivity contribution is 9.10. The molecule has 0 spiro atoms. The summed E-state index contributed by atoms with van der Waals surface area (Å²) in [5.74, 6) is 0.585. The van der Waals surface area contributed by atoms with Crippen LogP contribution in [-0.2, 0) is 0 Å². The molecule has 3 aromatic carbocycles. The van der Waals surface area contributed by atoms with Crippen molar-refractivity contribution in [2.45, 2.75) is 0 Å². The van der Waals surface area contributed by atoms with Crippen molar-refractivity contribution in [1.29, 1.82) is 0 Å². The standard InChI is InChI=1S/C19H11BrO2/c20-14-8-5-13(6-9-14)18-11-17(21)16-10-7-12-3-1-2-4-15(12)19(16)22-18/h1-11H. The molecule has 1 heterocycles. The second-order valence-electron chi connectivity index (χ2n) is 5.15. The molecule has 0 aliphatic rings. The fraction of sp³-hybridized carbons (Fsp3) is 0. The van der Waals surface area contributed by atoms with Crippen molar-refractivity contribution in [3.05, 3.63) is 81.4 Å². The van der Waals surface area contributed by atoms with Crippen LogP contribution in [0.2, 0.25) is 0 Å². The molecular weight excluding hydrogens is 340 g/mol. The van der Waals surface area contributed by atoms with Crippen LogP contribution in [0.5, 0.6) is 0 Å². The van der Waals surface area contributed by atoms with Gasteiger partial charge in [-0.2, -0.15) is 0 Å². The summed E-state index contributed by atoms with van der Waals surface area (Å²) >= 11 is 3.41. The van der Waals surface area contributed by atoms with Gasteiger partial charge in [0, 0.05) is 21.5 Å². The van der Waals surface area contributed by atoms with E-state index in [0.717, 1.165) is 20.8 Å². The lowest BCUT2D eigenvalue weighted by Crippen LogP contribution is -2.00. The largest absolute Gasteiger partial charge is 0.455 e. The summed E-state index contributed by atoms with van der Waals surface area (Å²) in [6, 6.07) is 21.0. The van der Waals surface area contributed by atoms with Crippen LogP contribution in [0.4, 0.5) is 0 Å². The zero-order valence-corrected chi connectivity index (χ0v) is 13.1. The van der Waals surface area contributed by atoms with Crippen molar-refractivity contribution in [2.75, 3.05) is 0 Å². The Morgan fingerprint density at radius 1 is 0.818 bits per heavy atom. The van der Waals surface area contributed by atoms with Crippen molar-refractivity contribution in [3.8, 4) is 11.3 Å². The second kappa shape index (κ2) is 5.11. The molecule has 2 nitrogen and oxygen atoms in total. The zero-order chi connectivity index (χ0) is 15.1. The second-order valence-corrected chi connectivity index (χ2v) is 6.06. The molecule has 1 aromatic heterocycles. The number of fused-ring (bicyclic) bond motifs is 3. The fourth-order valence-corrected chi connectivity index (χ4v) is 2.90. The van der Waals surface area contributed by atoms with Gasteiger partial charge < -0.3 is 4.42 Å². The minimum Gasteiger partial charge on any atom is -0.455 e. The molecule has 4 aromatic rings. The van der Waals surface area contributed by atoms with Gasteiger partial charge in [-0.1, -0.05) is 58.4 Å². The van der Waals surface area contributed by atoms with Crippen LogP contribution in [0.1, 0.15) is 0 Å². The maximum absolute atomic E-state index is 12.4. The first-order chi connectivity index (χ1) is 10.7. The quantitative estimate of drug-likeness (QED) is 0.431. The molecular formula is C19H11BrO2. The van der Waals surface area contributed by atoms with E-state index in [-0.39, 0.29) is 5.43 Å². The van der Waals surface area contributed by atoms with Gasteiger partial charge in [-0.05, 0) is 23.6 Å². The Hall–Kier alpha value is -2.39. The molecule has 0 aliphatic carbocycles. The molecule has 4 rings (SSSR count). The number of hydrogen-bond acceptors (Lipinski definition) is 2. The Morgan fingerprint density at radius 2 is 1.59 bits per heavy atom. The molecule has 0 saturated carbocycles. The predicted molar refractivity (Wildman–Crippen MR) is 93.1 cm³/mol. The number of hydrogen-bond donors (Lipinski definition) is 0. The number of halogens is 1. The fourth-order valence-electron chi connectivity index (χ4n) is 2.64. The normalized spacial score (nSPS) is 11.1. The topological polar surface area (TPSA) is 30.2 Å².